The molecule has 0 aliphatic rings. The number of nitrogens with one attached hydrogen (secondary N) is 1. The third-order valence-electron chi connectivity index (χ3n) is 9.39. The predicted octanol–water partition coefficient (Wildman–Crippen LogP) is 7.74. The molecule has 0 saturated heterocycles. The van der Waals surface area contributed by atoms with Gasteiger partial charge in [0.15, 0.2) is 6.10 Å². The largest absolute Gasteiger partial charge is 1.00 e. The van der Waals surface area contributed by atoms with Crippen LogP contribution < -0.4 is 34.9 Å². The van der Waals surface area contributed by atoms with Gasteiger partial charge in [0.1, 0.15) is 13.2 Å². The van der Waals surface area contributed by atoms with Gasteiger partial charge in [-0.05, 0) is 64.2 Å². The van der Waals surface area contributed by atoms with Crippen LogP contribution in [-0.2, 0) is 43.1 Å². The second-order valence-corrected chi connectivity index (χ2v) is 15.9. The summed E-state index contributed by atoms with van der Waals surface area (Å²) in [6.45, 7) is 3.38. The molecule has 0 aliphatic heterocycles. The number of esters is 2. The van der Waals surface area contributed by atoms with E-state index in [1.165, 1.54) is 89.9 Å². The molecule has 0 heterocycles. The number of rotatable bonds is 42. The third-order valence-corrected chi connectivity index (χ3v) is 9.85. The number of unbranched alkanes of at least 4 members (excludes halogenated alkanes) is 22. The van der Waals surface area contributed by atoms with Crippen molar-refractivity contribution in [2.24, 2.45) is 0 Å². The van der Waals surface area contributed by atoms with Gasteiger partial charge in [-0.3, -0.25) is 13.8 Å². The van der Waals surface area contributed by atoms with E-state index in [-0.39, 0.29) is 75.4 Å². The van der Waals surface area contributed by atoms with E-state index >= 15 is 0 Å². The Labute approximate surface area is 375 Å². The van der Waals surface area contributed by atoms with Crippen molar-refractivity contribution in [1.82, 2.24) is 5.32 Å². The number of allylic oxidation sites excluding steroid dienone is 4. The molecule has 0 aromatic rings. The Morgan fingerprint density at radius 1 is 0.552 bits per heavy atom. The Kier molecular flexibility index (Phi) is 45.5. The van der Waals surface area contributed by atoms with Gasteiger partial charge in [-0.2, -0.15) is 0 Å². The van der Waals surface area contributed by atoms with Gasteiger partial charge >= 0.3 is 47.6 Å². The van der Waals surface area contributed by atoms with Crippen LogP contribution in [0.15, 0.2) is 24.3 Å². The van der Waals surface area contributed by atoms with Crippen LogP contribution in [-0.4, -0.2) is 76.7 Å². The molecule has 12 nitrogen and oxygen atoms in total. The van der Waals surface area contributed by atoms with Crippen LogP contribution in [0.5, 0.6) is 0 Å². The fourth-order valence-electron chi connectivity index (χ4n) is 6.03. The van der Waals surface area contributed by atoms with Gasteiger partial charge in [0.2, 0.25) is 10.4 Å². The fraction of sp³-hybridized carbons (Fsp3) is 0.841. The number of hydrogen-bond acceptors (Lipinski definition) is 11. The normalized spacial score (nSPS) is 11.7. The molecule has 0 aromatic carbocycles. The molecule has 0 saturated carbocycles. The quantitative estimate of drug-likeness (QED) is 0.0121. The molecular formula is C44H80NNaO11S. The van der Waals surface area contributed by atoms with Gasteiger partial charge in [0.05, 0.1) is 19.8 Å². The average molecular weight is 854 g/mol. The zero-order valence-electron chi connectivity index (χ0n) is 36.8. The molecule has 14 heteroatoms. The van der Waals surface area contributed by atoms with Crippen LogP contribution in [0.2, 0.25) is 0 Å². The summed E-state index contributed by atoms with van der Waals surface area (Å²) in [7, 11) is -4.80. The smallest absolute Gasteiger partial charge is 0.726 e. The maximum atomic E-state index is 12.4. The molecule has 1 N–H and O–H groups in total. The standard InChI is InChI=1S/C44H81NO11S.Na/c1-3-5-7-9-11-13-15-17-19-21-23-25-27-29-31-33-42(46)53-39-41(56-44(48)45-35-36-52-37-38-55-57(49,50)51)40-54-43(47)34-32-30-28-26-24-22-20-18-16-14-12-10-8-6-4-2;/h17-20,41H,3-16,21-40H2,1-2H3,(H,45,48)(H,49,50,51);/q;+1/p-1/b19-17+,20-18+;. The van der Waals surface area contributed by atoms with Crippen molar-refractivity contribution in [3.63, 3.8) is 0 Å². The summed E-state index contributed by atoms with van der Waals surface area (Å²) in [6.07, 6.45) is 38.1. The van der Waals surface area contributed by atoms with Crippen molar-refractivity contribution in [3.8, 4) is 0 Å². The summed E-state index contributed by atoms with van der Waals surface area (Å²) in [5, 5.41) is 2.47. The summed E-state index contributed by atoms with van der Waals surface area (Å²) < 4.78 is 56.7. The number of amides is 1. The van der Waals surface area contributed by atoms with E-state index in [9.17, 15) is 27.4 Å². The summed E-state index contributed by atoms with van der Waals surface area (Å²) in [5.74, 6) is -0.811. The molecular weight excluding hydrogens is 774 g/mol. The first-order chi connectivity index (χ1) is 27.7. The van der Waals surface area contributed by atoms with E-state index < -0.39 is 41.1 Å². The topological polar surface area (TPSA) is 167 Å². The molecule has 0 atom stereocenters. The second kappa shape index (κ2) is 45.1. The maximum Gasteiger partial charge on any atom is 1.00 e. The molecule has 0 spiro atoms. The van der Waals surface area contributed by atoms with E-state index in [1.807, 2.05) is 0 Å². The molecule has 58 heavy (non-hydrogen) atoms. The van der Waals surface area contributed by atoms with Gasteiger partial charge in [-0.15, -0.1) is 0 Å². The molecule has 1 amide bonds. The van der Waals surface area contributed by atoms with Crippen molar-refractivity contribution < 1.29 is 80.0 Å². The number of hydrogen-bond donors (Lipinski definition) is 1. The maximum absolute atomic E-state index is 12.4. The zero-order chi connectivity index (χ0) is 41.9. The summed E-state index contributed by atoms with van der Waals surface area (Å²) in [4.78, 5) is 37.3. The van der Waals surface area contributed by atoms with E-state index in [0.29, 0.717) is 12.8 Å². The van der Waals surface area contributed by atoms with Crippen LogP contribution in [0.1, 0.15) is 194 Å². The van der Waals surface area contributed by atoms with Crippen molar-refractivity contribution in [3.05, 3.63) is 24.3 Å². The molecule has 334 valence electrons. The average Bonchev–Trinajstić information content (AvgIpc) is 3.18. The van der Waals surface area contributed by atoms with Gasteiger partial charge < -0.3 is 28.8 Å². The SMILES string of the molecule is CCCCCCCC/C=C/CCCCCCCC(=O)OCC(COC(=O)CCCCCCC/C=C/CCCCCCCC)OC(=O)NCCOCCOS(=O)(=O)[O-].[Na+]. The summed E-state index contributed by atoms with van der Waals surface area (Å²) in [6, 6.07) is 0. The minimum Gasteiger partial charge on any atom is -0.726 e. The molecule has 0 rings (SSSR count). The minimum absolute atomic E-state index is 0. The van der Waals surface area contributed by atoms with Gasteiger partial charge in [0, 0.05) is 19.4 Å². The predicted molar refractivity (Wildman–Crippen MR) is 226 cm³/mol. The van der Waals surface area contributed by atoms with Crippen LogP contribution in [0.3, 0.4) is 0 Å². The van der Waals surface area contributed by atoms with E-state index in [0.717, 1.165) is 64.2 Å². The van der Waals surface area contributed by atoms with Gasteiger partial charge in [0.25, 0.3) is 0 Å². The summed E-state index contributed by atoms with van der Waals surface area (Å²) >= 11 is 0. The summed E-state index contributed by atoms with van der Waals surface area (Å²) in [5.41, 5.74) is 0. The molecule has 0 bridgehead atoms. The van der Waals surface area contributed by atoms with Crippen LogP contribution >= 0.6 is 0 Å². The van der Waals surface area contributed by atoms with E-state index in [1.54, 1.807) is 0 Å². The van der Waals surface area contributed by atoms with Crippen molar-refractivity contribution in [1.29, 1.82) is 0 Å². The van der Waals surface area contributed by atoms with Crippen molar-refractivity contribution in [2.75, 3.05) is 39.6 Å². The van der Waals surface area contributed by atoms with Crippen LogP contribution in [0.25, 0.3) is 0 Å². The number of alkyl carbamates (subject to hydrolysis) is 1. The second-order valence-electron chi connectivity index (χ2n) is 14.8. The van der Waals surface area contributed by atoms with Crippen molar-refractivity contribution in [2.45, 2.75) is 200 Å². The van der Waals surface area contributed by atoms with Crippen LogP contribution in [0.4, 0.5) is 4.79 Å². The third kappa shape index (κ3) is 47.2. The van der Waals surface area contributed by atoms with E-state index in [2.05, 4.69) is 47.7 Å². The Morgan fingerprint density at radius 3 is 1.33 bits per heavy atom. The molecule has 0 unspecified atom stereocenters. The molecule has 0 aliphatic carbocycles. The minimum atomic E-state index is -4.80. The Balaban J connectivity index is 0. The Morgan fingerprint density at radius 2 is 0.931 bits per heavy atom. The van der Waals surface area contributed by atoms with Crippen molar-refractivity contribution >= 4 is 28.4 Å². The number of ether oxygens (including phenoxy) is 4. The molecule has 0 fully saturated rings. The molecule has 0 aromatic heterocycles. The number of carbonyl (C=O) groups excluding carboxylic acids is 3. The first kappa shape index (κ1) is 58.6. The first-order valence-electron chi connectivity index (χ1n) is 22.4. The Bertz CT molecular complexity index is 1060. The monoisotopic (exact) mass is 854 g/mol. The van der Waals surface area contributed by atoms with E-state index in [4.69, 9.17) is 18.9 Å². The first-order valence-corrected chi connectivity index (χ1v) is 23.7. The Hall–Kier alpha value is -1.48. The zero-order valence-corrected chi connectivity index (χ0v) is 39.6. The molecule has 0 radical (unpaired) electrons. The van der Waals surface area contributed by atoms with Gasteiger partial charge in [-0.25, -0.2) is 13.2 Å². The fourth-order valence-corrected chi connectivity index (χ4v) is 6.30. The number of carbonyl (C=O) groups is 3. The van der Waals surface area contributed by atoms with Gasteiger partial charge in [-0.1, -0.05) is 141 Å². The van der Waals surface area contributed by atoms with Crippen LogP contribution in [0, 0.1) is 0 Å².